The second-order valence-electron chi connectivity index (χ2n) is 7.68. The van der Waals surface area contributed by atoms with Crippen LogP contribution in [0.25, 0.3) is 0 Å². The molecule has 1 aromatic carbocycles. The average molecular weight is 358 g/mol. The molecule has 0 N–H and O–H groups in total. The summed E-state index contributed by atoms with van der Waals surface area (Å²) in [4.78, 5) is 29.6. The zero-order chi connectivity index (χ0) is 18.1. The van der Waals surface area contributed by atoms with E-state index in [1.54, 1.807) is 7.11 Å². The fourth-order valence-electron chi connectivity index (χ4n) is 4.46. The third-order valence-electron chi connectivity index (χ3n) is 6.05. The van der Waals surface area contributed by atoms with E-state index in [9.17, 15) is 9.59 Å². The van der Waals surface area contributed by atoms with Gasteiger partial charge in [0.25, 0.3) is 0 Å². The van der Waals surface area contributed by atoms with Gasteiger partial charge < -0.3 is 19.3 Å². The Balaban J connectivity index is 1.41. The van der Waals surface area contributed by atoms with Crippen molar-refractivity contribution in [2.75, 3.05) is 40.0 Å². The standard InChI is InChI=1S/C20H26N2O4/c1-25-17-4-2-3-15(11-17)12-21-8-6-20(19(21)24)7-9-22(14-20)18(23)16-5-10-26-13-16/h2-4,11,16H,5-10,12-14H2,1H3/t16-,20-/m0/s1. The van der Waals surface area contributed by atoms with E-state index in [2.05, 4.69) is 0 Å². The summed E-state index contributed by atoms with van der Waals surface area (Å²) in [6.45, 7) is 3.80. The van der Waals surface area contributed by atoms with Crippen LogP contribution in [0.1, 0.15) is 24.8 Å². The van der Waals surface area contributed by atoms with Crippen molar-refractivity contribution in [1.82, 2.24) is 9.80 Å². The van der Waals surface area contributed by atoms with Gasteiger partial charge in [-0.2, -0.15) is 0 Å². The first-order valence-corrected chi connectivity index (χ1v) is 9.40. The van der Waals surface area contributed by atoms with Gasteiger partial charge in [-0.3, -0.25) is 9.59 Å². The van der Waals surface area contributed by atoms with Gasteiger partial charge in [0.1, 0.15) is 5.75 Å². The lowest BCUT2D eigenvalue weighted by Gasteiger charge is -2.25. The van der Waals surface area contributed by atoms with E-state index in [0.717, 1.165) is 37.1 Å². The van der Waals surface area contributed by atoms with Crippen LogP contribution in [0.2, 0.25) is 0 Å². The van der Waals surface area contributed by atoms with Gasteiger partial charge in [0.15, 0.2) is 0 Å². The molecule has 3 aliphatic rings. The number of benzene rings is 1. The fraction of sp³-hybridized carbons (Fsp3) is 0.600. The van der Waals surface area contributed by atoms with Gasteiger partial charge in [0.05, 0.1) is 25.0 Å². The van der Waals surface area contributed by atoms with E-state index in [0.29, 0.717) is 32.8 Å². The topological polar surface area (TPSA) is 59.1 Å². The van der Waals surface area contributed by atoms with E-state index >= 15 is 0 Å². The summed E-state index contributed by atoms with van der Waals surface area (Å²) in [5, 5.41) is 0. The third kappa shape index (κ3) is 3.07. The maximum Gasteiger partial charge on any atom is 0.231 e. The molecule has 0 unspecified atom stereocenters. The zero-order valence-corrected chi connectivity index (χ0v) is 15.3. The predicted octanol–water partition coefficient (Wildman–Crippen LogP) is 1.68. The highest BCUT2D eigenvalue weighted by molar-refractivity contribution is 5.87. The highest BCUT2D eigenvalue weighted by Gasteiger charge is 2.52. The first kappa shape index (κ1) is 17.3. The van der Waals surface area contributed by atoms with Crippen molar-refractivity contribution in [2.24, 2.45) is 11.3 Å². The molecule has 0 aliphatic carbocycles. The van der Waals surface area contributed by atoms with Crippen molar-refractivity contribution in [2.45, 2.75) is 25.8 Å². The number of carbonyl (C=O) groups is 2. The van der Waals surface area contributed by atoms with E-state index in [4.69, 9.17) is 9.47 Å². The summed E-state index contributed by atoms with van der Waals surface area (Å²) in [5.74, 6) is 1.14. The van der Waals surface area contributed by atoms with Gasteiger partial charge in [-0.15, -0.1) is 0 Å². The Hall–Kier alpha value is -2.08. The van der Waals surface area contributed by atoms with Crippen LogP contribution in [0.15, 0.2) is 24.3 Å². The Morgan fingerprint density at radius 2 is 2.19 bits per heavy atom. The maximum absolute atomic E-state index is 13.1. The van der Waals surface area contributed by atoms with Gasteiger partial charge >= 0.3 is 0 Å². The Morgan fingerprint density at radius 3 is 2.96 bits per heavy atom. The average Bonchev–Trinajstić information content (AvgIpc) is 3.40. The number of likely N-dealkylation sites (tertiary alicyclic amines) is 2. The van der Waals surface area contributed by atoms with E-state index in [-0.39, 0.29) is 23.1 Å². The normalized spacial score (nSPS) is 28.3. The Kier molecular flexibility index (Phi) is 4.61. The number of amides is 2. The molecule has 3 aliphatic heterocycles. The number of hydrogen-bond acceptors (Lipinski definition) is 4. The predicted molar refractivity (Wildman–Crippen MR) is 95.6 cm³/mol. The first-order chi connectivity index (χ1) is 12.6. The largest absolute Gasteiger partial charge is 0.497 e. The zero-order valence-electron chi connectivity index (χ0n) is 15.3. The van der Waals surface area contributed by atoms with Crippen LogP contribution < -0.4 is 4.74 Å². The van der Waals surface area contributed by atoms with Crippen LogP contribution in [0.4, 0.5) is 0 Å². The SMILES string of the molecule is COc1cccc(CN2CC[C@@]3(CCN(C(=O)[C@H]4CCOC4)C3)C2=O)c1. The first-order valence-electron chi connectivity index (χ1n) is 9.40. The minimum atomic E-state index is -0.381. The summed E-state index contributed by atoms with van der Waals surface area (Å²) in [5.41, 5.74) is 0.692. The molecule has 3 fully saturated rings. The fourth-order valence-corrected chi connectivity index (χ4v) is 4.46. The molecule has 0 bridgehead atoms. The van der Waals surface area contributed by atoms with Gasteiger partial charge in [-0.1, -0.05) is 12.1 Å². The Labute approximate surface area is 154 Å². The van der Waals surface area contributed by atoms with E-state index < -0.39 is 0 Å². The molecule has 1 spiro atoms. The van der Waals surface area contributed by atoms with Crippen molar-refractivity contribution in [1.29, 1.82) is 0 Å². The Morgan fingerprint density at radius 1 is 1.35 bits per heavy atom. The molecule has 6 heteroatoms. The second kappa shape index (κ2) is 6.91. The summed E-state index contributed by atoms with van der Waals surface area (Å²) < 4.78 is 10.6. The highest BCUT2D eigenvalue weighted by atomic mass is 16.5. The van der Waals surface area contributed by atoms with Crippen LogP contribution in [-0.4, -0.2) is 61.6 Å². The monoisotopic (exact) mass is 358 g/mol. The number of ether oxygens (including phenoxy) is 2. The second-order valence-corrected chi connectivity index (χ2v) is 7.68. The summed E-state index contributed by atoms with van der Waals surface area (Å²) in [6, 6.07) is 7.85. The summed E-state index contributed by atoms with van der Waals surface area (Å²) in [7, 11) is 1.65. The number of carbonyl (C=O) groups excluding carboxylic acids is 2. The van der Waals surface area contributed by atoms with Crippen LogP contribution in [0.3, 0.4) is 0 Å². The van der Waals surface area contributed by atoms with Crippen molar-refractivity contribution in [3.63, 3.8) is 0 Å². The van der Waals surface area contributed by atoms with Gasteiger partial charge in [-0.25, -0.2) is 0 Å². The van der Waals surface area contributed by atoms with Crippen LogP contribution in [0.5, 0.6) is 5.75 Å². The van der Waals surface area contributed by atoms with Crippen molar-refractivity contribution >= 4 is 11.8 Å². The molecule has 0 saturated carbocycles. The number of nitrogens with zero attached hydrogens (tertiary/aromatic N) is 2. The molecule has 26 heavy (non-hydrogen) atoms. The minimum absolute atomic E-state index is 0.0189. The van der Waals surface area contributed by atoms with Crippen LogP contribution >= 0.6 is 0 Å². The molecule has 2 atom stereocenters. The van der Waals surface area contributed by atoms with E-state index in [1.807, 2.05) is 34.1 Å². The molecule has 2 amide bonds. The molecule has 3 heterocycles. The summed E-state index contributed by atoms with van der Waals surface area (Å²) in [6.07, 6.45) is 2.42. The quantitative estimate of drug-likeness (QED) is 0.822. The Bertz CT molecular complexity index is 701. The van der Waals surface area contributed by atoms with Crippen molar-refractivity contribution < 1.29 is 19.1 Å². The van der Waals surface area contributed by atoms with Gasteiger partial charge in [0, 0.05) is 32.8 Å². The molecular weight excluding hydrogens is 332 g/mol. The molecule has 0 radical (unpaired) electrons. The molecule has 0 aromatic heterocycles. The van der Waals surface area contributed by atoms with E-state index in [1.165, 1.54) is 0 Å². The van der Waals surface area contributed by atoms with Crippen LogP contribution in [0, 0.1) is 11.3 Å². The lowest BCUT2D eigenvalue weighted by Crippen LogP contribution is -2.40. The maximum atomic E-state index is 13.1. The lowest BCUT2D eigenvalue weighted by atomic mass is 9.85. The molecule has 1 aromatic rings. The molecule has 4 rings (SSSR count). The highest BCUT2D eigenvalue weighted by Crippen LogP contribution is 2.42. The van der Waals surface area contributed by atoms with Gasteiger partial charge in [-0.05, 0) is 37.0 Å². The minimum Gasteiger partial charge on any atom is -0.497 e. The molecule has 3 saturated heterocycles. The third-order valence-corrected chi connectivity index (χ3v) is 6.05. The summed E-state index contributed by atoms with van der Waals surface area (Å²) >= 11 is 0. The van der Waals surface area contributed by atoms with Crippen LogP contribution in [-0.2, 0) is 20.9 Å². The van der Waals surface area contributed by atoms with Gasteiger partial charge in [0.2, 0.25) is 11.8 Å². The number of methoxy groups -OCH3 is 1. The van der Waals surface area contributed by atoms with Crippen molar-refractivity contribution in [3.8, 4) is 5.75 Å². The number of hydrogen-bond donors (Lipinski definition) is 0. The molecule has 140 valence electrons. The smallest absolute Gasteiger partial charge is 0.231 e. The van der Waals surface area contributed by atoms with Crippen molar-refractivity contribution in [3.05, 3.63) is 29.8 Å². The molecule has 6 nitrogen and oxygen atoms in total. The number of rotatable bonds is 4. The molecular formula is C20H26N2O4. The lowest BCUT2D eigenvalue weighted by molar-refractivity contribution is -0.138.